The van der Waals surface area contributed by atoms with E-state index in [9.17, 15) is 4.79 Å². The first-order valence-electron chi connectivity index (χ1n) is 7.58. The van der Waals surface area contributed by atoms with Gasteiger partial charge in [-0.1, -0.05) is 54.2 Å². The van der Waals surface area contributed by atoms with E-state index in [1.54, 1.807) is 6.92 Å². The summed E-state index contributed by atoms with van der Waals surface area (Å²) in [5.74, 6) is 0.463. The molecule has 6 heteroatoms. The van der Waals surface area contributed by atoms with Gasteiger partial charge in [0.1, 0.15) is 5.82 Å². The number of rotatable bonds is 5. The molecule has 0 spiro atoms. The number of carbonyl (C=O) groups excluding carboxylic acids is 1. The monoisotopic (exact) mass is 339 g/mol. The minimum Gasteiger partial charge on any atom is -0.461 e. The number of nitrogen functional groups attached to an aromatic ring is 1. The third kappa shape index (κ3) is 3.83. The number of benzene rings is 2. The van der Waals surface area contributed by atoms with Crippen molar-refractivity contribution in [1.82, 2.24) is 9.97 Å². The maximum Gasteiger partial charge on any atom is 0.357 e. The molecule has 0 aliphatic rings. The van der Waals surface area contributed by atoms with Crippen LogP contribution in [0.4, 0.5) is 5.82 Å². The van der Waals surface area contributed by atoms with E-state index < -0.39 is 5.97 Å². The first-order chi connectivity index (χ1) is 11.7. The summed E-state index contributed by atoms with van der Waals surface area (Å²) in [5, 5.41) is 2.86. The van der Waals surface area contributed by atoms with E-state index in [0.29, 0.717) is 17.5 Å². The molecule has 2 N–H and O–H groups in total. The first-order valence-corrected chi connectivity index (χ1v) is 8.56. The molecule has 0 unspecified atom stereocenters. The number of esters is 1. The zero-order valence-electron chi connectivity index (χ0n) is 13.2. The lowest BCUT2D eigenvalue weighted by Gasteiger charge is -2.06. The van der Waals surface area contributed by atoms with Crippen LogP contribution in [0.15, 0.2) is 53.7 Å². The molecule has 1 heterocycles. The van der Waals surface area contributed by atoms with E-state index in [1.807, 2.05) is 12.1 Å². The summed E-state index contributed by atoms with van der Waals surface area (Å²) in [6.45, 7) is 2.04. The van der Waals surface area contributed by atoms with Gasteiger partial charge in [-0.15, -0.1) is 0 Å². The number of hydrogen-bond acceptors (Lipinski definition) is 6. The van der Waals surface area contributed by atoms with Crippen LogP contribution in [0.5, 0.6) is 0 Å². The summed E-state index contributed by atoms with van der Waals surface area (Å²) in [7, 11) is 0. The number of nitrogens with zero attached hydrogens (tertiary/aromatic N) is 2. The molecule has 0 fully saturated rings. The molecule has 24 heavy (non-hydrogen) atoms. The fourth-order valence-electron chi connectivity index (χ4n) is 2.29. The highest BCUT2D eigenvalue weighted by atomic mass is 32.2. The van der Waals surface area contributed by atoms with Crippen LogP contribution in [0.3, 0.4) is 0 Å². The van der Waals surface area contributed by atoms with Crippen LogP contribution in [-0.4, -0.2) is 22.5 Å². The summed E-state index contributed by atoms with van der Waals surface area (Å²) in [6, 6.07) is 15.9. The number of carbonyl (C=O) groups is 1. The van der Waals surface area contributed by atoms with Crippen LogP contribution in [0.2, 0.25) is 0 Å². The molecular formula is C18H17N3O2S. The minimum atomic E-state index is -0.487. The maximum absolute atomic E-state index is 11.8. The molecule has 3 aromatic rings. The summed E-state index contributed by atoms with van der Waals surface area (Å²) in [4.78, 5) is 20.2. The second kappa shape index (κ2) is 7.31. The standard InChI is InChI=1S/C18H17N3O2S/c1-2-23-17(22)15-10-16(19)21-18(20-15)24-11-12-7-8-13-5-3-4-6-14(13)9-12/h3-10H,2,11H2,1H3,(H2,19,20,21). The molecule has 5 nitrogen and oxygen atoms in total. The molecule has 0 saturated carbocycles. The molecule has 0 aliphatic heterocycles. The Hall–Kier alpha value is -2.60. The third-order valence-corrected chi connectivity index (χ3v) is 4.31. The first kappa shape index (κ1) is 16.3. The van der Waals surface area contributed by atoms with Gasteiger partial charge in [-0.2, -0.15) is 0 Å². The minimum absolute atomic E-state index is 0.186. The van der Waals surface area contributed by atoms with E-state index in [4.69, 9.17) is 10.5 Å². The average molecular weight is 339 g/mol. The second-order valence-corrected chi connectivity index (χ2v) is 6.09. The molecule has 2 aromatic carbocycles. The second-order valence-electron chi connectivity index (χ2n) is 5.15. The van der Waals surface area contributed by atoms with Crippen molar-refractivity contribution in [3.05, 3.63) is 59.8 Å². The molecule has 3 rings (SSSR count). The predicted molar refractivity (Wildman–Crippen MR) is 95.9 cm³/mol. The Kier molecular flexibility index (Phi) is 4.96. The highest BCUT2D eigenvalue weighted by Crippen LogP contribution is 2.23. The SMILES string of the molecule is CCOC(=O)c1cc(N)nc(SCc2ccc3ccccc3c2)n1. The number of ether oxygens (including phenoxy) is 1. The molecule has 0 aliphatic carbocycles. The van der Waals surface area contributed by atoms with Crippen LogP contribution < -0.4 is 5.73 Å². The highest BCUT2D eigenvalue weighted by molar-refractivity contribution is 7.98. The van der Waals surface area contributed by atoms with Gasteiger partial charge in [0.15, 0.2) is 10.9 Å². The van der Waals surface area contributed by atoms with Gasteiger partial charge >= 0.3 is 5.97 Å². The van der Waals surface area contributed by atoms with Crippen LogP contribution in [0.1, 0.15) is 23.0 Å². The Morgan fingerprint density at radius 1 is 1.12 bits per heavy atom. The molecule has 122 valence electrons. The van der Waals surface area contributed by atoms with E-state index >= 15 is 0 Å². The van der Waals surface area contributed by atoms with Crippen molar-refractivity contribution >= 4 is 34.3 Å². The van der Waals surface area contributed by atoms with Crippen molar-refractivity contribution < 1.29 is 9.53 Å². The average Bonchev–Trinajstić information content (AvgIpc) is 2.59. The zero-order valence-corrected chi connectivity index (χ0v) is 14.0. The normalized spacial score (nSPS) is 10.7. The maximum atomic E-state index is 11.8. The Morgan fingerprint density at radius 3 is 2.71 bits per heavy atom. The number of fused-ring (bicyclic) bond motifs is 1. The van der Waals surface area contributed by atoms with Crippen LogP contribution in [0, 0.1) is 0 Å². The third-order valence-electron chi connectivity index (χ3n) is 3.39. The molecule has 0 bridgehead atoms. The number of anilines is 1. The van der Waals surface area contributed by atoms with Gasteiger partial charge in [0, 0.05) is 11.8 Å². The van der Waals surface area contributed by atoms with Crippen molar-refractivity contribution in [2.24, 2.45) is 0 Å². The van der Waals surface area contributed by atoms with E-state index in [1.165, 1.54) is 28.6 Å². The quantitative estimate of drug-likeness (QED) is 0.434. The number of aromatic nitrogens is 2. The summed E-state index contributed by atoms with van der Waals surface area (Å²) in [5.41, 5.74) is 7.11. The van der Waals surface area contributed by atoms with E-state index in [-0.39, 0.29) is 11.5 Å². The fourth-order valence-corrected chi connectivity index (χ4v) is 3.10. The van der Waals surface area contributed by atoms with Crippen LogP contribution >= 0.6 is 11.8 Å². The lowest BCUT2D eigenvalue weighted by atomic mass is 10.1. The van der Waals surface area contributed by atoms with Gasteiger partial charge < -0.3 is 10.5 Å². The zero-order chi connectivity index (χ0) is 16.9. The smallest absolute Gasteiger partial charge is 0.357 e. The largest absolute Gasteiger partial charge is 0.461 e. The van der Waals surface area contributed by atoms with E-state index in [0.717, 1.165) is 5.56 Å². The summed E-state index contributed by atoms with van der Waals surface area (Å²) < 4.78 is 4.95. The lowest BCUT2D eigenvalue weighted by molar-refractivity contribution is 0.0518. The topological polar surface area (TPSA) is 78.1 Å². The van der Waals surface area contributed by atoms with Crippen molar-refractivity contribution in [2.75, 3.05) is 12.3 Å². The van der Waals surface area contributed by atoms with Gasteiger partial charge in [0.2, 0.25) is 0 Å². The Labute approximate surface area is 144 Å². The molecule has 0 radical (unpaired) electrons. The van der Waals surface area contributed by atoms with Crippen LogP contribution in [-0.2, 0) is 10.5 Å². The van der Waals surface area contributed by atoms with Crippen molar-refractivity contribution in [1.29, 1.82) is 0 Å². The van der Waals surface area contributed by atoms with Crippen molar-refractivity contribution in [3.63, 3.8) is 0 Å². The van der Waals surface area contributed by atoms with Crippen molar-refractivity contribution in [3.8, 4) is 0 Å². The van der Waals surface area contributed by atoms with Gasteiger partial charge in [0.05, 0.1) is 6.61 Å². The molecule has 0 atom stereocenters. The Bertz CT molecular complexity index is 883. The highest BCUT2D eigenvalue weighted by Gasteiger charge is 2.12. The van der Waals surface area contributed by atoms with Gasteiger partial charge in [0.25, 0.3) is 0 Å². The lowest BCUT2D eigenvalue weighted by Crippen LogP contribution is -2.09. The predicted octanol–water partition coefficient (Wildman–Crippen LogP) is 3.68. The Morgan fingerprint density at radius 2 is 1.92 bits per heavy atom. The number of nitrogens with two attached hydrogens (primary N) is 1. The van der Waals surface area contributed by atoms with Crippen LogP contribution in [0.25, 0.3) is 10.8 Å². The summed E-state index contributed by atoms with van der Waals surface area (Å²) in [6.07, 6.45) is 0. The van der Waals surface area contributed by atoms with Gasteiger partial charge in [-0.25, -0.2) is 14.8 Å². The molecule has 0 amide bonds. The Balaban J connectivity index is 1.76. The molecule has 1 aromatic heterocycles. The van der Waals surface area contributed by atoms with Gasteiger partial charge in [-0.05, 0) is 23.3 Å². The van der Waals surface area contributed by atoms with Crippen molar-refractivity contribution in [2.45, 2.75) is 17.8 Å². The molecular weight excluding hydrogens is 322 g/mol. The number of hydrogen-bond donors (Lipinski definition) is 1. The fraction of sp³-hybridized carbons (Fsp3) is 0.167. The van der Waals surface area contributed by atoms with E-state index in [2.05, 4.69) is 40.3 Å². The molecule has 0 saturated heterocycles. The van der Waals surface area contributed by atoms with Gasteiger partial charge in [-0.3, -0.25) is 0 Å². The number of thioether (sulfide) groups is 1. The summed E-state index contributed by atoms with van der Waals surface area (Å²) >= 11 is 1.44.